The highest BCUT2D eigenvalue weighted by Crippen LogP contribution is 2.32. The third-order valence-corrected chi connectivity index (χ3v) is 5.33. The van der Waals surface area contributed by atoms with Crippen LogP contribution in [0.2, 0.25) is 0 Å². The Kier molecular flexibility index (Phi) is 5.98. The average molecular weight is 304 g/mol. The molecule has 1 aliphatic carbocycles. The van der Waals surface area contributed by atoms with Crippen LogP contribution >= 0.6 is 15.9 Å². The smallest absolute Gasteiger partial charge is 0.0118 e. The highest BCUT2D eigenvalue weighted by Gasteiger charge is 2.30. The van der Waals surface area contributed by atoms with Crippen molar-refractivity contribution in [2.45, 2.75) is 59.4 Å². The van der Waals surface area contributed by atoms with E-state index in [1.807, 2.05) is 0 Å². The van der Waals surface area contributed by atoms with Crippen LogP contribution in [0.3, 0.4) is 0 Å². The summed E-state index contributed by atoms with van der Waals surface area (Å²) in [6, 6.07) is 0.813. The third-order valence-electron chi connectivity index (χ3n) is 4.55. The van der Waals surface area contributed by atoms with Crippen molar-refractivity contribution in [3.8, 4) is 0 Å². The Morgan fingerprint density at radius 1 is 1.24 bits per heavy atom. The lowest BCUT2D eigenvalue weighted by Gasteiger charge is -2.40. The van der Waals surface area contributed by atoms with E-state index in [0.717, 1.165) is 23.2 Å². The van der Waals surface area contributed by atoms with Gasteiger partial charge in [0.25, 0.3) is 0 Å². The highest BCUT2D eigenvalue weighted by molar-refractivity contribution is 9.09. The zero-order chi connectivity index (χ0) is 13.1. The monoisotopic (exact) mass is 303 g/mol. The van der Waals surface area contributed by atoms with E-state index in [1.165, 1.54) is 32.2 Å². The fourth-order valence-corrected chi connectivity index (χ4v) is 4.16. The van der Waals surface area contributed by atoms with Gasteiger partial charge in [-0.15, -0.1) is 0 Å². The molecule has 0 heterocycles. The molecule has 0 aliphatic heterocycles. The van der Waals surface area contributed by atoms with Crippen molar-refractivity contribution in [1.29, 1.82) is 0 Å². The van der Waals surface area contributed by atoms with E-state index >= 15 is 0 Å². The summed E-state index contributed by atoms with van der Waals surface area (Å²) in [4.78, 5) is 2.63. The van der Waals surface area contributed by atoms with Gasteiger partial charge in [-0.3, -0.25) is 0 Å². The fraction of sp³-hybridized carbons (Fsp3) is 1.00. The van der Waals surface area contributed by atoms with E-state index in [-0.39, 0.29) is 0 Å². The molecule has 1 saturated carbocycles. The van der Waals surface area contributed by atoms with Crippen LogP contribution in [-0.2, 0) is 0 Å². The summed E-state index contributed by atoms with van der Waals surface area (Å²) in [5.41, 5.74) is 0.398. The maximum absolute atomic E-state index is 3.69. The van der Waals surface area contributed by atoms with Gasteiger partial charge in [0.15, 0.2) is 0 Å². The third kappa shape index (κ3) is 4.55. The first kappa shape index (κ1) is 15.5. The average Bonchev–Trinajstić information content (AvgIpc) is 2.24. The van der Waals surface area contributed by atoms with Gasteiger partial charge in [-0.1, -0.05) is 56.5 Å². The summed E-state index contributed by atoms with van der Waals surface area (Å²) in [5.74, 6) is 1.62. The summed E-state index contributed by atoms with van der Waals surface area (Å²) in [7, 11) is 2.33. The molecule has 3 atom stereocenters. The topological polar surface area (TPSA) is 3.24 Å². The lowest BCUT2D eigenvalue weighted by atomic mass is 9.80. The largest absolute Gasteiger partial charge is 0.303 e. The number of nitrogens with zero attached hydrogens (tertiary/aromatic N) is 1. The molecular formula is C15H30BrN. The summed E-state index contributed by atoms with van der Waals surface area (Å²) in [6.07, 6.45) is 5.68. The van der Waals surface area contributed by atoms with Crippen LogP contribution in [-0.4, -0.2) is 29.9 Å². The molecule has 0 bridgehead atoms. The molecule has 1 aliphatic rings. The predicted molar refractivity (Wildman–Crippen MR) is 80.8 cm³/mol. The van der Waals surface area contributed by atoms with Crippen molar-refractivity contribution in [2.75, 3.05) is 18.9 Å². The quantitative estimate of drug-likeness (QED) is 0.689. The Bertz CT molecular complexity index is 221. The summed E-state index contributed by atoms with van der Waals surface area (Å²) in [6.45, 7) is 10.7. The number of hydrogen-bond donors (Lipinski definition) is 0. The standard InChI is InChI=1S/C15H30BrN/c1-12-8-6-7-9-14(12)17(5)11-13(10-16)15(2,3)4/h12-14H,6-11H2,1-5H3. The van der Waals surface area contributed by atoms with Crippen molar-refractivity contribution in [2.24, 2.45) is 17.3 Å². The van der Waals surface area contributed by atoms with Gasteiger partial charge in [0, 0.05) is 17.9 Å². The summed E-state index contributed by atoms with van der Waals surface area (Å²) < 4.78 is 0. The predicted octanol–water partition coefficient (Wildman–Crippen LogP) is 4.55. The van der Waals surface area contributed by atoms with Gasteiger partial charge >= 0.3 is 0 Å². The van der Waals surface area contributed by atoms with Crippen LogP contribution in [0.15, 0.2) is 0 Å². The summed E-state index contributed by atoms with van der Waals surface area (Å²) in [5, 5.41) is 1.11. The minimum Gasteiger partial charge on any atom is -0.303 e. The Labute approximate surface area is 116 Å². The van der Waals surface area contributed by atoms with Gasteiger partial charge in [-0.2, -0.15) is 0 Å². The van der Waals surface area contributed by atoms with E-state index in [9.17, 15) is 0 Å². The summed E-state index contributed by atoms with van der Waals surface area (Å²) >= 11 is 3.69. The Morgan fingerprint density at radius 2 is 1.82 bits per heavy atom. The first-order chi connectivity index (χ1) is 7.86. The first-order valence-electron chi connectivity index (χ1n) is 7.12. The molecule has 1 rings (SSSR count). The highest BCUT2D eigenvalue weighted by atomic mass is 79.9. The van der Waals surface area contributed by atoms with Crippen LogP contribution in [0.5, 0.6) is 0 Å². The minimum atomic E-state index is 0.398. The molecule has 1 fully saturated rings. The Hall–Kier alpha value is 0.440. The van der Waals surface area contributed by atoms with Crippen LogP contribution < -0.4 is 0 Å². The number of hydrogen-bond acceptors (Lipinski definition) is 1. The second-order valence-electron chi connectivity index (χ2n) is 6.99. The Balaban J connectivity index is 2.54. The van der Waals surface area contributed by atoms with E-state index in [0.29, 0.717) is 5.41 Å². The van der Waals surface area contributed by atoms with Crippen LogP contribution in [0.25, 0.3) is 0 Å². The van der Waals surface area contributed by atoms with E-state index in [4.69, 9.17) is 0 Å². The number of alkyl halides is 1. The van der Waals surface area contributed by atoms with Crippen LogP contribution in [0, 0.1) is 17.3 Å². The van der Waals surface area contributed by atoms with Crippen molar-refractivity contribution in [3.05, 3.63) is 0 Å². The molecule has 0 spiro atoms. The SMILES string of the molecule is CC1CCCCC1N(C)CC(CBr)C(C)(C)C. The zero-order valence-corrected chi connectivity index (χ0v) is 13.9. The molecule has 0 aromatic heterocycles. The molecule has 2 heteroatoms. The van der Waals surface area contributed by atoms with Gasteiger partial charge in [0.2, 0.25) is 0 Å². The van der Waals surface area contributed by atoms with Gasteiger partial charge in [0.1, 0.15) is 0 Å². The van der Waals surface area contributed by atoms with Crippen LogP contribution in [0.1, 0.15) is 53.4 Å². The first-order valence-corrected chi connectivity index (χ1v) is 8.24. The molecule has 0 N–H and O–H groups in total. The molecule has 0 aromatic rings. The van der Waals surface area contributed by atoms with Gasteiger partial charge < -0.3 is 4.90 Å². The molecule has 0 amide bonds. The lowest BCUT2D eigenvalue weighted by Crippen LogP contribution is -2.44. The molecule has 3 unspecified atom stereocenters. The second-order valence-corrected chi connectivity index (χ2v) is 7.63. The lowest BCUT2D eigenvalue weighted by molar-refractivity contribution is 0.0979. The molecule has 17 heavy (non-hydrogen) atoms. The second kappa shape index (κ2) is 6.56. The van der Waals surface area contributed by atoms with E-state index < -0.39 is 0 Å². The minimum absolute atomic E-state index is 0.398. The zero-order valence-electron chi connectivity index (χ0n) is 12.3. The van der Waals surface area contributed by atoms with Gasteiger partial charge in [-0.25, -0.2) is 0 Å². The van der Waals surface area contributed by atoms with E-state index in [1.54, 1.807) is 0 Å². The van der Waals surface area contributed by atoms with E-state index in [2.05, 4.69) is 55.6 Å². The maximum Gasteiger partial charge on any atom is 0.0118 e. The fourth-order valence-electron chi connectivity index (χ4n) is 2.99. The molecule has 0 aromatic carbocycles. The molecule has 102 valence electrons. The van der Waals surface area contributed by atoms with Crippen molar-refractivity contribution >= 4 is 15.9 Å². The van der Waals surface area contributed by atoms with Gasteiger partial charge in [-0.05, 0) is 37.1 Å². The molecular weight excluding hydrogens is 274 g/mol. The van der Waals surface area contributed by atoms with Crippen LogP contribution in [0.4, 0.5) is 0 Å². The molecule has 1 nitrogen and oxygen atoms in total. The molecule has 0 saturated heterocycles. The Morgan fingerprint density at radius 3 is 2.29 bits per heavy atom. The molecule has 0 radical (unpaired) electrons. The number of rotatable bonds is 4. The van der Waals surface area contributed by atoms with Gasteiger partial charge in [0.05, 0.1) is 0 Å². The number of halogens is 1. The normalized spacial score (nSPS) is 28.4. The van der Waals surface area contributed by atoms with Crippen molar-refractivity contribution in [3.63, 3.8) is 0 Å². The van der Waals surface area contributed by atoms with Crippen molar-refractivity contribution < 1.29 is 0 Å². The van der Waals surface area contributed by atoms with Crippen molar-refractivity contribution in [1.82, 2.24) is 4.90 Å². The maximum atomic E-state index is 3.69.